The molecular formula is C19H18F2N2O3S. The summed E-state index contributed by atoms with van der Waals surface area (Å²) in [7, 11) is -0.711. The van der Waals surface area contributed by atoms with E-state index in [1.807, 2.05) is 0 Å². The molecule has 1 aliphatic heterocycles. The molecule has 3 rings (SSSR count). The first-order valence-corrected chi connectivity index (χ1v) is 9.59. The predicted molar refractivity (Wildman–Crippen MR) is 98.0 cm³/mol. The summed E-state index contributed by atoms with van der Waals surface area (Å²) < 4.78 is 54.6. The quantitative estimate of drug-likeness (QED) is 0.753. The molecule has 0 bridgehead atoms. The molecule has 0 aromatic heterocycles. The summed E-state index contributed by atoms with van der Waals surface area (Å²) in [4.78, 5) is 14.3. The first-order chi connectivity index (χ1) is 12.6. The zero-order valence-electron chi connectivity index (χ0n) is 15.0. The summed E-state index contributed by atoms with van der Waals surface area (Å²) in [6, 6.07) is 7.00. The van der Waals surface area contributed by atoms with Crippen molar-refractivity contribution in [1.82, 2.24) is 4.90 Å². The Labute approximate surface area is 156 Å². The number of carbonyl (C=O) groups is 1. The first kappa shape index (κ1) is 19.0. The van der Waals surface area contributed by atoms with Crippen LogP contribution in [-0.2, 0) is 10.0 Å². The number of Topliss-reactive ketones (excluding diaryl/α,β-unsaturated/α-hetero) is 1. The Bertz CT molecular complexity index is 1030. The van der Waals surface area contributed by atoms with E-state index in [0.717, 1.165) is 40.7 Å². The summed E-state index contributed by atoms with van der Waals surface area (Å²) in [5.41, 5.74) is 0.268. The topological polar surface area (TPSA) is 57.7 Å². The number of ketones is 1. The van der Waals surface area contributed by atoms with Crippen LogP contribution in [0.1, 0.15) is 17.3 Å². The highest BCUT2D eigenvalue weighted by Gasteiger charge is 2.40. The van der Waals surface area contributed by atoms with E-state index >= 15 is 0 Å². The van der Waals surface area contributed by atoms with Gasteiger partial charge < -0.3 is 4.90 Å². The van der Waals surface area contributed by atoms with Gasteiger partial charge in [-0.2, -0.15) is 0 Å². The van der Waals surface area contributed by atoms with Crippen molar-refractivity contribution < 1.29 is 22.0 Å². The molecule has 0 amide bonds. The summed E-state index contributed by atoms with van der Waals surface area (Å²) in [6.45, 7) is 1.58. The molecule has 0 spiro atoms. The number of rotatable bonds is 3. The summed E-state index contributed by atoms with van der Waals surface area (Å²) in [6.07, 6.45) is 1.52. The van der Waals surface area contributed by atoms with Crippen LogP contribution in [0.25, 0.3) is 0 Å². The van der Waals surface area contributed by atoms with Crippen LogP contribution in [0, 0.1) is 11.6 Å². The first-order valence-electron chi connectivity index (χ1n) is 8.15. The van der Waals surface area contributed by atoms with Gasteiger partial charge in [-0.3, -0.25) is 9.10 Å². The Balaban J connectivity index is 2.26. The summed E-state index contributed by atoms with van der Waals surface area (Å²) in [5.74, 6) is -1.64. The van der Waals surface area contributed by atoms with Crippen molar-refractivity contribution in [2.45, 2.75) is 17.9 Å². The van der Waals surface area contributed by atoms with Crippen molar-refractivity contribution >= 4 is 21.5 Å². The van der Waals surface area contributed by atoms with Gasteiger partial charge in [-0.05, 0) is 49.4 Å². The molecule has 0 saturated heterocycles. The Morgan fingerprint density at radius 3 is 2.22 bits per heavy atom. The molecule has 0 aliphatic carbocycles. The number of nitrogens with zero attached hydrogens (tertiary/aromatic N) is 2. The Kier molecular flexibility index (Phi) is 4.77. The number of carbonyl (C=O) groups excluding carboxylic acids is 1. The Morgan fingerprint density at radius 1 is 1.04 bits per heavy atom. The van der Waals surface area contributed by atoms with Gasteiger partial charge in [-0.25, -0.2) is 17.2 Å². The number of anilines is 1. The zero-order chi connectivity index (χ0) is 19.9. The van der Waals surface area contributed by atoms with Crippen molar-refractivity contribution in [3.8, 4) is 0 Å². The molecule has 0 radical (unpaired) electrons. The SMILES string of the molecule is CC1C(=CN(C)C)C(=O)c2cc(F)ccc2N1S(=O)(=O)c1ccc(F)cc1. The minimum atomic E-state index is -4.11. The fraction of sp³-hybridized carbons (Fsp3) is 0.211. The maximum Gasteiger partial charge on any atom is 0.264 e. The second kappa shape index (κ2) is 6.77. The molecule has 0 N–H and O–H groups in total. The van der Waals surface area contributed by atoms with Gasteiger partial charge in [0.1, 0.15) is 11.6 Å². The number of hydrogen-bond acceptors (Lipinski definition) is 4. The number of fused-ring (bicyclic) bond motifs is 1. The van der Waals surface area contributed by atoms with Crippen LogP contribution in [0.15, 0.2) is 59.1 Å². The highest BCUT2D eigenvalue weighted by Crippen LogP contribution is 2.38. The van der Waals surface area contributed by atoms with Crippen LogP contribution in [0.3, 0.4) is 0 Å². The minimum Gasteiger partial charge on any atom is -0.383 e. The third-order valence-corrected chi connectivity index (χ3v) is 6.17. The van der Waals surface area contributed by atoms with Crippen LogP contribution in [0.4, 0.5) is 14.5 Å². The maximum atomic E-state index is 13.8. The number of hydrogen-bond donors (Lipinski definition) is 0. The van der Waals surface area contributed by atoms with Crippen LogP contribution < -0.4 is 4.31 Å². The highest BCUT2D eigenvalue weighted by atomic mass is 32.2. The maximum absolute atomic E-state index is 13.8. The van der Waals surface area contributed by atoms with Gasteiger partial charge in [0.05, 0.1) is 16.6 Å². The second-order valence-corrected chi connectivity index (χ2v) is 8.28. The number of halogens is 2. The number of sulfonamides is 1. The van der Waals surface area contributed by atoms with Gasteiger partial charge >= 0.3 is 0 Å². The zero-order valence-corrected chi connectivity index (χ0v) is 15.8. The molecular weight excluding hydrogens is 374 g/mol. The lowest BCUT2D eigenvalue weighted by atomic mass is 9.92. The van der Waals surface area contributed by atoms with Crippen LogP contribution in [0.2, 0.25) is 0 Å². The predicted octanol–water partition coefficient (Wildman–Crippen LogP) is 3.19. The molecule has 1 heterocycles. The number of benzene rings is 2. The monoisotopic (exact) mass is 392 g/mol. The standard InChI is InChI=1S/C19H18F2N2O3S/c1-12-17(11-22(2)3)19(24)16-10-14(21)6-9-18(16)23(12)27(25,26)15-7-4-13(20)5-8-15/h4-12H,1-3H3. The lowest BCUT2D eigenvalue weighted by molar-refractivity contribution is 0.102. The van der Waals surface area contributed by atoms with Crippen LogP contribution in [0.5, 0.6) is 0 Å². The van der Waals surface area contributed by atoms with E-state index in [-0.39, 0.29) is 21.7 Å². The van der Waals surface area contributed by atoms with E-state index in [0.29, 0.717) is 0 Å². The van der Waals surface area contributed by atoms with Gasteiger partial charge in [0.2, 0.25) is 0 Å². The molecule has 1 unspecified atom stereocenters. The Morgan fingerprint density at radius 2 is 1.63 bits per heavy atom. The lowest BCUT2D eigenvalue weighted by Gasteiger charge is -2.37. The third-order valence-electron chi connectivity index (χ3n) is 4.27. The lowest BCUT2D eigenvalue weighted by Crippen LogP contribution is -2.46. The fourth-order valence-electron chi connectivity index (χ4n) is 3.06. The van der Waals surface area contributed by atoms with Gasteiger partial charge in [-0.1, -0.05) is 0 Å². The Hall–Kier alpha value is -2.74. The van der Waals surface area contributed by atoms with Crippen LogP contribution in [-0.4, -0.2) is 39.2 Å². The molecule has 2 aromatic carbocycles. The molecule has 27 heavy (non-hydrogen) atoms. The average Bonchev–Trinajstić information content (AvgIpc) is 2.59. The van der Waals surface area contributed by atoms with Crippen LogP contribution >= 0.6 is 0 Å². The van der Waals surface area contributed by atoms with E-state index in [1.54, 1.807) is 25.9 Å². The average molecular weight is 392 g/mol. The van der Waals surface area contributed by atoms with Gasteiger partial charge in [0.15, 0.2) is 5.78 Å². The normalized spacial score (nSPS) is 18.6. The molecule has 142 valence electrons. The van der Waals surface area contributed by atoms with Gasteiger partial charge in [-0.15, -0.1) is 0 Å². The van der Waals surface area contributed by atoms with Crippen molar-refractivity contribution in [1.29, 1.82) is 0 Å². The van der Waals surface area contributed by atoms with E-state index < -0.39 is 33.5 Å². The fourth-order valence-corrected chi connectivity index (χ4v) is 4.72. The molecule has 8 heteroatoms. The van der Waals surface area contributed by atoms with Crippen molar-refractivity contribution in [3.63, 3.8) is 0 Å². The van der Waals surface area contributed by atoms with Gasteiger partial charge in [0.25, 0.3) is 10.0 Å². The minimum absolute atomic E-state index is 0.0353. The van der Waals surface area contributed by atoms with E-state index in [2.05, 4.69) is 0 Å². The molecule has 0 fully saturated rings. The molecule has 1 aliphatic rings. The summed E-state index contributed by atoms with van der Waals surface area (Å²) >= 11 is 0. The summed E-state index contributed by atoms with van der Waals surface area (Å²) in [5, 5.41) is 0. The molecule has 5 nitrogen and oxygen atoms in total. The van der Waals surface area contributed by atoms with Crippen molar-refractivity contribution in [2.75, 3.05) is 18.4 Å². The molecule has 1 atom stereocenters. The third kappa shape index (κ3) is 3.32. The van der Waals surface area contributed by atoms with E-state index in [9.17, 15) is 22.0 Å². The smallest absolute Gasteiger partial charge is 0.264 e. The van der Waals surface area contributed by atoms with Crippen molar-refractivity contribution in [3.05, 3.63) is 71.4 Å². The second-order valence-electron chi connectivity index (χ2n) is 6.47. The van der Waals surface area contributed by atoms with E-state index in [1.165, 1.54) is 12.3 Å². The largest absolute Gasteiger partial charge is 0.383 e. The molecule has 0 saturated carbocycles. The highest BCUT2D eigenvalue weighted by molar-refractivity contribution is 7.92. The van der Waals surface area contributed by atoms with Gasteiger partial charge in [0, 0.05) is 31.4 Å². The van der Waals surface area contributed by atoms with Crippen molar-refractivity contribution in [2.24, 2.45) is 0 Å². The van der Waals surface area contributed by atoms with E-state index in [4.69, 9.17) is 0 Å². The molecule has 2 aromatic rings.